The predicted octanol–water partition coefficient (Wildman–Crippen LogP) is 3.92. The Kier molecular flexibility index (Phi) is 6.79. The molecule has 0 atom stereocenters. The Labute approximate surface area is 174 Å². The van der Waals surface area contributed by atoms with Gasteiger partial charge in [0.25, 0.3) is 5.89 Å². The number of para-hydroxylation sites is 1. The fraction of sp³-hybridized carbons (Fsp3) is 0.273. The predicted molar refractivity (Wildman–Crippen MR) is 113 cm³/mol. The zero-order valence-electron chi connectivity index (χ0n) is 17.1. The fourth-order valence-corrected chi connectivity index (χ4v) is 2.69. The first-order chi connectivity index (χ1) is 14.4. The summed E-state index contributed by atoms with van der Waals surface area (Å²) in [5.41, 5.74) is 2.15. The molecule has 2 heterocycles. The summed E-state index contributed by atoms with van der Waals surface area (Å²) in [6, 6.07) is 9.05. The molecule has 0 saturated heterocycles. The van der Waals surface area contributed by atoms with Gasteiger partial charge in [-0.15, -0.1) is 0 Å². The molecule has 30 heavy (non-hydrogen) atoms. The van der Waals surface area contributed by atoms with Crippen LogP contribution in [0, 0.1) is 6.92 Å². The van der Waals surface area contributed by atoms with Crippen molar-refractivity contribution in [1.82, 2.24) is 15.5 Å². The Morgan fingerprint density at radius 3 is 2.73 bits per heavy atom. The van der Waals surface area contributed by atoms with Gasteiger partial charge >= 0.3 is 0 Å². The lowest BCUT2D eigenvalue weighted by atomic mass is 10.1. The number of hydrogen-bond acceptors (Lipinski definition) is 6. The molecule has 2 amide bonds. The number of carbonyl (C=O) groups excluding carboxylic acids is 2. The van der Waals surface area contributed by atoms with Gasteiger partial charge in [0, 0.05) is 25.0 Å². The molecule has 0 saturated carbocycles. The fourth-order valence-electron chi connectivity index (χ4n) is 2.69. The van der Waals surface area contributed by atoms with Crippen LogP contribution < -0.4 is 10.6 Å². The van der Waals surface area contributed by atoms with Crippen molar-refractivity contribution >= 4 is 23.6 Å². The third-order valence-electron chi connectivity index (χ3n) is 4.32. The molecule has 0 aliphatic carbocycles. The van der Waals surface area contributed by atoms with Gasteiger partial charge in [-0.2, -0.15) is 4.98 Å². The molecule has 0 radical (unpaired) electrons. The topological polar surface area (TPSA) is 110 Å². The number of aromatic nitrogens is 2. The number of furan rings is 1. The van der Waals surface area contributed by atoms with Crippen molar-refractivity contribution in [2.45, 2.75) is 33.1 Å². The minimum atomic E-state index is -0.303. The zero-order valence-corrected chi connectivity index (χ0v) is 17.1. The van der Waals surface area contributed by atoms with Crippen molar-refractivity contribution < 1.29 is 18.5 Å². The molecular weight excluding hydrogens is 384 g/mol. The maximum Gasteiger partial charge on any atom is 0.260 e. The van der Waals surface area contributed by atoms with Crippen molar-refractivity contribution in [3.63, 3.8) is 0 Å². The summed E-state index contributed by atoms with van der Waals surface area (Å²) in [5.74, 6) is 1.14. The van der Waals surface area contributed by atoms with E-state index in [1.807, 2.05) is 39.0 Å². The smallest absolute Gasteiger partial charge is 0.260 e. The van der Waals surface area contributed by atoms with E-state index in [4.69, 9.17) is 8.94 Å². The summed E-state index contributed by atoms with van der Waals surface area (Å²) in [4.78, 5) is 28.7. The number of aryl methyl sites for hydroxylation is 1. The van der Waals surface area contributed by atoms with Gasteiger partial charge in [-0.05, 0) is 36.8 Å². The lowest BCUT2D eigenvalue weighted by Gasteiger charge is -2.12. The maximum atomic E-state index is 12.4. The summed E-state index contributed by atoms with van der Waals surface area (Å²) in [7, 11) is 0. The molecule has 3 aromatic rings. The summed E-state index contributed by atoms with van der Waals surface area (Å²) in [5, 5.41) is 9.55. The van der Waals surface area contributed by atoms with E-state index in [1.54, 1.807) is 18.2 Å². The number of anilines is 1. The number of nitrogens with zero attached hydrogens (tertiary/aromatic N) is 2. The van der Waals surface area contributed by atoms with E-state index in [2.05, 4.69) is 20.8 Å². The molecule has 0 aliphatic rings. The number of amides is 2. The first-order valence-corrected chi connectivity index (χ1v) is 9.67. The third-order valence-corrected chi connectivity index (χ3v) is 4.32. The Morgan fingerprint density at radius 1 is 1.20 bits per heavy atom. The molecule has 0 bridgehead atoms. The molecule has 0 fully saturated rings. The molecule has 2 aromatic heterocycles. The van der Waals surface area contributed by atoms with Crippen molar-refractivity contribution in [2.24, 2.45) is 0 Å². The summed E-state index contributed by atoms with van der Waals surface area (Å²) in [6.07, 6.45) is 4.57. The summed E-state index contributed by atoms with van der Waals surface area (Å²) < 4.78 is 10.5. The molecule has 8 nitrogen and oxygen atoms in total. The highest BCUT2D eigenvalue weighted by molar-refractivity contribution is 5.96. The van der Waals surface area contributed by atoms with Crippen LogP contribution in [0.2, 0.25) is 0 Å². The lowest BCUT2D eigenvalue weighted by Crippen LogP contribution is -2.26. The van der Waals surface area contributed by atoms with Crippen LogP contribution in [-0.4, -0.2) is 28.5 Å². The maximum absolute atomic E-state index is 12.4. The highest BCUT2D eigenvalue weighted by Crippen LogP contribution is 2.30. The molecule has 156 valence electrons. The van der Waals surface area contributed by atoms with Gasteiger partial charge < -0.3 is 19.6 Å². The Morgan fingerprint density at radius 2 is 2.03 bits per heavy atom. The van der Waals surface area contributed by atoms with E-state index in [-0.39, 0.29) is 30.7 Å². The first-order valence-electron chi connectivity index (χ1n) is 9.67. The van der Waals surface area contributed by atoms with Crippen LogP contribution in [0.5, 0.6) is 0 Å². The summed E-state index contributed by atoms with van der Waals surface area (Å²) >= 11 is 0. The van der Waals surface area contributed by atoms with Gasteiger partial charge in [0.2, 0.25) is 11.8 Å². The molecule has 8 heteroatoms. The third kappa shape index (κ3) is 5.44. The Balaban J connectivity index is 1.59. The van der Waals surface area contributed by atoms with E-state index in [1.165, 1.54) is 12.3 Å². The first kappa shape index (κ1) is 21.0. The highest BCUT2D eigenvalue weighted by Gasteiger charge is 2.17. The quantitative estimate of drug-likeness (QED) is 0.547. The average Bonchev–Trinajstić information content (AvgIpc) is 3.40. The van der Waals surface area contributed by atoms with Crippen molar-refractivity contribution in [1.29, 1.82) is 0 Å². The SMILES string of the molecule is Cc1cccc(-c2nc(C(C)C)no2)c1NC(=O)CCNC(=O)/C=C/c1ccco1. The Bertz CT molecular complexity index is 1040. The van der Waals surface area contributed by atoms with Crippen LogP contribution >= 0.6 is 0 Å². The van der Waals surface area contributed by atoms with Crippen LogP contribution in [-0.2, 0) is 9.59 Å². The van der Waals surface area contributed by atoms with Crippen molar-refractivity contribution in [3.05, 3.63) is 59.8 Å². The average molecular weight is 408 g/mol. The van der Waals surface area contributed by atoms with Crippen LogP contribution in [0.1, 0.15) is 43.3 Å². The number of rotatable bonds is 8. The van der Waals surface area contributed by atoms with Gasteiger partial charge in [0.1, 0.15) is 5.76 Å². The zero-order chi connectivity index (χ0) is 21.5. The second-order valence-corrected chi connectivity index (χ2v) is 7.05. The van der Waals surface area contributed by atoms with Crippen LogP contribution in [0.3, 0.4) is 0 Å². The molecule has 1 aromatic carbocycles. The minimum absolute atomic E-state index is 0.120. The highest BCUT2D eigenvalue weighted by atomic mass is 16.5. The molecule has 0 unspecified atom stereocenters. The second-order valence-electron chi connectivity index (χ2n) is 7.05. The minimum Gasteiger partial charge on any atom is -0.465 e. The van der Waals surface area contributed by atoms with Crippen molar-refractivity contribution in [2.75, 3.05) is 11.9 Å². The van der Waals surface area contributed by atoms with E-state index < -0.39 is 0 Å². The molecule has 0 spiro atoms. The number of benzene rings is 1. The van der Waals surface area contributed by atoms with Gasteiger partial charge in [0.15, 0.2) is 5.82 Å². The monoisotopic (exact) mass is 408 g/mol. The largest absolute Gasteiger partial charge is 0.465 e. The standard InChI is InChI=1S/C22H24N4O4/c1-14(2)21-25-22(30-26-21)17-8-4-6-15(3)20(17)24-19(28)11-12-23-18(27)10-9-16-7-5-13-29-16/h4-10,13-14H,11-12H2,1-3H3,(H,23,27)(H,24,28)/b10-9+. The van der Waals surface area contributed by atoms with E-state index >= 15 is 0 Å². The second kappa shape index (κ2) is 9.69. The Hall–Kier alpha value is -3.68. The van der Waals surface area contributed by atoms with E-state index in [0.717, 1.165) is 5.56 Å². The molecule has 2 N–H and O–H groups in total. The number of nitrogens with one attached hydrogen (secondary N) is 2. The molecule has 3 rings (SSSR count). The van der Waals surface area contributed by atoms with Gasteiger partial charge in [0.05, 0.1) is 17.5 Å². The number of carbonyl (C=O) groups is 2. The lowest BCUT2D eigenvalue weighted by molar-refractivity contribution is -0.117. The van der Waals surface area contributed by atoms with Gasteiger partial charge in [-0.1, -0.05) is 31.1 Å². The normalized spacial score (nSPS) is 11.2. The molecular formula is C22H24N4O4. The van der Waals surface area contributed by atoms with Crippen LogP contribution in [0.4, 0.5) is 5.69 Å². The number of hydrogen-bond donors (Lipinski definition) is 2. The molecule has 0 aliphatic heterocycles. The van der Waals surface area contributed by atoms with Crippen LogP contribution in [0.15, 0.2) is 51.6 Å². The van der Waals surface area contributed by atoms with Gasteiger partial charge in [-0.25, -0.2) is 0 Å². The van der Waals surface area contributed by atoms with Crippen molar-refractivity contribution in [3.8, 4) is 11.5 Å². The van der Waals surface area contributed by atoms with E-state index in [9.17, 15) is 9.59 Å². The van der Waals surface area contributed by atoms with Gasteiger partial charge in [-0.3, -0.25) is 9.59 Å². The summed E-state index contributed by atoms with van der Waals surface area (Å²) in [6.45, 7) is 6.05. The van der Waals surface area contributed by atoms with Crippen LogP contribution in [0.25, 0.3) is 17.5 Å². The van der Waals surface area contributed by atoms with E-state index in [0.29, 0.717) is 28.7 Å².